The molecule has 0 spiro atoms. The molecule has 0 saturated heterocycles. The summed E-state index contributed by atoms with van der Waals surface area (Å²) >= 11 is 0. The van der Waals surface area contributed by atoms with Crippen molar-refractivity contribution in [1.29, 1.82) is 0 Å². The fourth-order valence-electron chi connectivity index (χ4n) is 0. The van der Waals surface area contributed by atoms with Gasteiger partial charge in [0.2, 0.25) is 0 Å². The van der Waals surface area contributed by atoms with E-state index in [9.17, 15) is 0 Å². The molecule has 0 bridgehead atoms. The molecule has 0 atom stereocenters. The van der Waals surface area contributed by atoms with Gasteiger partial charge in [0, 0.05) is 6.92 Å². The van der Waals surface area contributed by atoms with Crippen LogP contribution in [0.2, 0.25) is 0 Å². The maximum atomic E-state index is 9.00. The van der Waals surface area contributed by atoms with Crippen LogP contribution in [0.1, 0.15) is 6.92 Å². The van der Waals surface area contributed by atoms with Gasteiger partial charge in [-0.3, -0.25) is 4.79 Å². The molecule has 0 unspecified atom stereocenters. The van der Waals surface area contributed by atoms with Crippen LogP contribution in [0.25, 0.3) is 0 Å². The molecule has 38 valence electrons. The van der Waals surface area contributed by atoms with Crippen molar-refractivity contribution in [2.75, 3.05) is 0 Å². The zero-order valence-corrected chi connectivity index (χ0v) is 2.36. The fourth-order valence-corrected chi connectivity index (χ4v) is 0. The molecule has 0 aromatic carbocycles. The van der Waals surface area contributed by atoms with Gasteiger partial charge in [-0.15, -0.1) is 0 Å². The standard InChI is InChI=1S/C2H4O2.2BH3.Na.H/c1-2(3)4;;;;/h1H3,(H,3,4);2*1H3;;. The van der Waals surface area contributed by atoms with Gasteiger partial charge in [0.15, 0.2) is 0 Å². The van der Waals surface area contributed by atoms with E-state index in [0.29, 0.717) is 0 Å². The Morgan fingerprint density at radius 3 is 1.43 bits per heavy atom. The van der Waals surface area contributed by atoms with Crippen LogP contribution in [-0.2, 0) is 4.79 Å². The van der Waals surface area contributed by atoms with Crippen molar-refractivity contribution in [3.63, 3.8) is 0 Å². The molecule has 0 aliphatic heterocycles. The van der Waals surface area contributed by atoms with Crippen molar-refractivity contribution < 1.29 is 9.90 Å². The molecule has 0 fully saturated rings. The predicted molar refractivity (Wildman–Crippen MR) is 40.3 cm³/mol. The predicted octanol–water partition coefficient (Wildman–Crippen LogP) is -2.93. The molecule has 0 radical (unpaired) electrons. The number of rotatable bonds is 0. The van der Waals surface area contributed by atoms with Gasteiger partial charge in [0.05, 0.1) is 16.8 Å². The molecule has 0 aliphatic carbocycles. The van der Waals surface area contributed by atoms with Crippen LogP contribution in [0, 0.1) is 0 Å². The normalized spacial score (nSPS) is 3.57. The molecule has 0 saturated carbocycles. The zero-order valence-electron chi connectivity index (χ0n) is 2.36. The van der Waals surface area contributed by atoms with Crippen molar-refractivity contribution in [1.82, 2.24) is 0 Å². The molecule has 0 aliphatic rings. The zero-order chi connectivity index (χ0) is 3.58. The Balaban J connectivity index is -0.0000000150. The van der Waals surface area contributed by atoms with Gasteiger partial charge in [0.1, 0.15) is 0 Å². The van der Waals surface area contributed by atoms with Gasteiger partial charge in [0.25, 0.3) is 5.97 Å². The molecule has 0 amide bonds. The van der Waals surface area contributed by atoms with Crippen molar-refractivity contribution in [2.24, 2.45) is 0 Å². The molecule has 5 heteroatoms. The third kappa shape index (κ3) is 388. The van der Waals surface area contributed by atoms with Gasteiger partial charge >= 0.3 is 29.6 Å². The molecule has 0 rings (SSSR count). The van der Waals surface area contributed by atoms with Gasteiger partial charge in [-0.05, 0) is 0 Å². The average molecular weight is 112 g/mol. The van der Waals surface area contributed by atoms with Gasteiger partial charge in [-0.1, -0.05) is 0 Å². The second-order valence-corrected chi connectivity index (χ2v) is 0.519. The summed E-state index contributed by atoms with van der Waals surface area (Å²) in [6.45, 7) is 1.08. The summed E-state index contributed by atoms with van der Waals surface area (Å²) in [5.41, 5.74) is 0. The summed E-state index contributed by atoms with van der Waals surface area (Å²) < 4.78 is 0. The molecular weight excluding hydrogens is 101 g/mol. The Morgan fingerprint density at radius 2 is 1.43 bits per heavy atom. The van der Waals surface area contributed by atoms with Crippen LogP contribution >= 0.6 is 0 Å². The topological polar surface area (TPSA) is 37.3 Å². The number of carboxylic acid groups (broad SMARTS) is 1. The van der Waals surface area contributed by atoms with E-state index in [1.54, 1.807) is 0 Å². The van der Waals surface area contributed by atoms with E-state index in [0.717, 1.165) is 6.92 Å². The number of hydrogen-bond donors (Lipinski definition) is 1. The quantitative estimate of drug-likeness (QED) is 0.340. The Kier molecular flexibility index (Phi) is 58.3. The van der Waals surface area contributed by atoms with Gasteiger partial charge in [-0.25, -0.2) is 0 Å². The molecule has 7 heavy (non-hydrogen) atoms. The third-order valence-corrected chi connectivity index (χ3v) is 0. The summed E-state index contributed by atoms with van der Waals surface area (Å²) in [6.07, 6.45) is 0. The van der Waals surface area contributed by atoms with E-state index in [-0.39, 0.29) is 46.4 Å². The summed E-state index contributed by atoms with van der Waals surface area (Å²) in [6, 6.07) is 0. The van der Waals surface area contributed by atoms with Crippen LogP contribution < -0.4 is 0 Å². The third-order valence-electron chi connectivity index (χ3n) is 0. The SMILES string of the molecule is B.B.CC(=O)O.[NaH]. The second kappa shape index (κ2) is 16.0. The number of carbonyl (C=O) groups is 1. The summed E-state index contributed by atoms with van der Waals surface area (Å²) in [7, 11) is 0. The maximum absolute atomic E-state index is 9.00. The molecule has 0 heterocycles. The van der Waals surface area contributed by atoms with Crippen molar-refractivity contribution in [3.8, 4) is 0 Å². The fraction of sp³-hybridized carbons (Fsp3) is 0.500. The summed E-state index contributed by atoms with van der Waals surface area (Å²) in [5, 5.41) is 7.42. The molecule has 2 nitrogen and oxygen atoms in total. The monoisotopic (exact) mass is 112 g/mol. The van der Waals surface area contributed by atoms with Crippen molar-refractivity contribution in [2.45, 2.75) is 6.92 Å². The second-order valence-electron chi connectivity index (χ2n) is 0.519. The van der Waals surface area contributed by atoms with Crippen molar-refractivity contribution >= 4 is 52.4 Å². The van der Waals surface area contributed by atoms with Gasteiger partial charge in [-0.2, -0.15) is 0 Å². The average Bonchev–Trinajstić information content (AvgIpc) is 0.811. The first-order valence-electron chi connectivity index (χ1n) is 0.928. The Hall–Kier alpha value is 0.600. The van der Waals surface area contributed by atoms with Gasteiger partial charge < -0.3 is 5.11 Å². The van der Waals surface area contributed by atoms with E-state index < -0.39 is 5.97 Å². The summed E-state index contributed by atoms with van der Waals surface area (Å²) in [5.74, 6) is -0.833. The van der Waals surface area contributed by atoms with Crippen LogP contribution in [0.15, 0.2) is 0 Å². The van der Waals surface area contributed by atoms with Crippen LogP contribution in [0.4, 0.5) is 0 Å². The first kappa shape index (κ1) is 25.5. The van der Waals surface area contributed by atoms with E-state index in [1.165, 1.54) is 0 Å². The molecule has 1 N–H and O–H groups in total. The number of aliphatic carboxylic acids is 1. The summed E-state index contributed by atoms with van der Waals surface area (Å²) in [4.78, 5) is 9.00. The van der Waals surface area contributed by atoms with E-state index >= 15 is 0 Å². The molecule has 0 aromatic rings. The van der Waals surface area contributed by atoms with E-state index in [4.69, 9.17) is 9.90 Å². The van der Waals surface area contributed by atoms with Crippen LogP contribution in [-0.4, -0.2) is 57.5 Å². The van der Waals surface area contributed by atoms with Crippen LogP contribution in [0.3, 0.4) is 0 Å². The minimum absolute atomic E-state index is 0. The first-order valence-corrected chi connectivity index (χ1v) is 0.928. The number of hydrogen-bond acceptors (Lipinski definition) is 1. The number of carboxylic acids is 1. The Morgan fingerprint density at radius 1 is 1.43 bits per heavy atom. The van der Waals surface area contributed by atoms with Crippen LogP contribution in [0.5, 0.6) is 0 Å². The molecule has 0 aromatic heterocycles. The minimum atomic E-state index is -0.833. The van der Waals surface area contributed by atoms with Crippen molar-refractivity contribution in [3.05, 3.63) is 0 Å². The molecular formula is C2H11B2NaO2. The Bertz CT molecular complexity index is 36.7. The van der Waals surface area contributed by atoms with E-state index in [1.807, 2.05) is 0 Å². The van der Waals surface area contributed by atoms with E-state index in [2.05, 4.69) is 0 Å². The first-order chi connectivity index (χ1) is 1.73. The Labute approximate surface area is 69.1 Å².